The number of aromatic nitrogens is 2. The third-order valence-electron chi connectivity index (χ3n) is 5.19. The van der Waals surface area contributed by atoms with Gasteiger partial charge < -0.3 is 15.0 Å². The molecule has 0 aliphatic carbocycles. The highest BCUT2D eigenvalue weighted by Gasteiger charge is 2.21. The minimum absolute atomic E-state index is 0.0450. The Morgan fingerprint density at radius 2 is 2.07 bits per heavy atom. The molecule has 7 nitrogen and oxygen atoms in total. The second kappa shape index (κ2) is 9.30. The Morgan fingerprint density at radius 1 is 1.23 bits per heavy atom. The molecule has 1 N–H and O–H groups in total. The summed E-state index contributed by atoms with van der Waals surface area (Å²) in [6, 6.07) is 9.51. The van der Waals surface area contributed by atoms with E-state index in [9.17, 15) is 9.59 Å². The summed E-state index contributed by atoms with van der Waals surface area (Å²) in [6.45, 7) is 4.57. The fourth-order valence-corrected chi connectivity index (χ4v) is 4.50. The van der Waals surface area contributed by atoms with E-state index >= 15 is 0 Å². The Morgan fingerprint density at radius 3 is 2.87 bits per heavy atom. The van der Waals surface area contributed by atoms with Gasteiger partial charge in [0.05, 0.1) is 12.1 Å². The lowest BCUT2D eigenvalue weighted by Crippen LogP contribution is -2.39. The molecule has 1 aromatic carbocycles. The van der Waals surface area contributed by atoms with E-state index in [0.29, 0.717) is 29.3 Å². The highest BCUT2D eigenvalue weighted by Crippen LogP contribution is 2.22. The smallest absolute Gasteiger partial charge is 0.273 e. The van der Waals surface area contributed by atoms with Crippen molar-refractivity contribution in [3.05, 3.63) is 51.6 Å². The summed E-state index contributed by atoms with van der Waals surface area (Å²) >= 11 is 1.37. The van der Waals surface area contributed by atoms with E-state index in [1.54, 1.807) is 0 Å². The quantitative estimate of drug-likeness (QED) is 0.628. The van der Waals surface area contributed by atoms with Gasteiger partial charge in [0.15, 0.2) is 0 Å². The summed E-state index contributed by atoms with van der Waals surface area (Å²) in [5.74, 6) is 1.16. The molecule has 0 radical (unpaired) electrons. The lowest BCUT2D eigenvalue weighted by Gasteiger charge is -2.29. The first-order valence-electron chi connectivity index (χ1n) is 10.4. The molecule has 0 unspecified atom stereocenters. The second-order valence-corrected chi connectivity index (χ2v) is 8.26. The molecule has 1 aliphatic rings. The van der Waals surface area contributed by atoms with Crippen molar-refractivity contribution < 1.29 is 9.53 Å². The average Bonchev–Trinajstić information content (AvgIpc) is 3.24. The van der Waals surface area contributed by atoms with Gasteiger partial charge in [0, 0.05) is 19.6 Å². The van der Waals surface area contributed by atoms with Gasteiger partial charge in [-0.25, -0.2) is 4.98 Å². The van der Waals surface area contributed by atoms with Crippen LogP contribution in [0.4, 0.5) is 5.95 Å². The van der Waals surface area contributed by atoms with E-state index in [-0.39, 0.29) is 18.0 Å². The molecule has 1 amide bonds. The number of benzene rings is 1. The molecule has 8 heteroatoms. The summed E-state index contributed by atoms with van der Waals surface area (Å²) in [4.78, 5) is 32.7. The highest BCUT2D eigenvalue weighted by atomic mass is 32.1. The number of hydrogen-bond donors (Lipinski definition) is 1. The van der Waals surface area contributed by atoms with E-state index in [1.807, 2.05) is 42.6 Å². The van der Waals surface area contributed by atoms with Crippen molar-refractivity contribution in [3.63, 3.8) is 0 Å². The van der Waals surface area contributed by atoms with Crippen LogP contribution in [0.3, 0.4) is 0 Å². The van der Waals surface area contributed by atoms with E-state index in [1.165, 1.54) is 22.3 Å². The third-order valence-corrected chi connectivity index (χ3v) is 6.08. The molecule has 2 aromatic heterocycles. The first kappa shape index (κ1) is 20.4. The number of carbonyl (C=O) groups is 1. The molecule has 3 heterocycles. The molecule has 4 rings (SSSR count). The molecule has 1 fully saturated rings. The molecular weight excluding hydrogens is 400 g/mol. The SMILES string of the molecule is CCOc1cccc(CNC(=O)Cn2c(N3CCCCC3)nc3ccsc3c2=O)c1. The Labute approximate surface area is 179 Å². The third kappa shape index (κ3) is 4.48. The first-order valence-corrected chi connectivity index (χ1v) is 11.2. The maximum Gasteiger partial charge on any atom is 0.273 e. The molecule has 158 valence electrons. The van der Waals surface area contributed by atoms with Gasteiger partial charge in [-0.2, -0.15) is 0 Å². The van der Waals surface area contributed by atoms with Gasteiger partial charge in [-0.1, -0.05) is 12.1 Å². The standard InChI is InChI=1S/C22H26N4O3S/c1-2-29-17-8-6-7-16(13-17)14-23-19(27)15-26-21(28)20-18(9-12-30-20)24-22(26)25-10-4-3-5-11-25/h6-9,12-13H,2-5,10-11,14-15H2,1H3,(H,23,27). The Balaban J connectivity index is 1.53. The summed E-state index contributed by atoms with van der Waals surface area (Å²) in [7, 11) is 0. The number of nitrogens with one attached hydrogen (secondary N) is 1. The summed E-state index contributed by atoms with van der Waals surface area (Å²) in [5.41, 5.74) is 1.50. The second-order valence-electron chi connectivity index (χ2n) is 7.34. The van der Waals surface area contributed by atoms with Gasteiger partial charge in [-0.15, -0.1) is 11.3 Å². The van der Waals surface area contributed by atoms with Crippen molar-refractivity contribution in [3.8, 4) is 5.75 Å². The first-order chi connectivity index (χ1) is 14.7. The maximum absolute atomic E-state index is 13.1. The zero-order valence-corrected chi connectivity index (χ0v) is 17.9. The van der Waals surface area contributed by atoms with E-state index in [4.69, 9.17) is 9.72 Å². The molecule has 3 aromatic rings. The van der Waals surface area contributed by atoms with Crippen molar-refractivity contribution in [2.75, 3.05) is 24.6 Å². The molecule has 1 saturated heterocycles. The van der Waals surface area contributed by atoms with E-state index < -0.39 is 0 Å². The Bertz CT molecular complexity index is 1090. The van der Waals surface area contributed by atoms with Gasteiger partial charge >= 0.3 is 0 Å². The van der Waals surface area contributed by atoms with Crippen LogP contribution in [0.5, 0.6) is 5.75 Å². The number of thiophene rings is 1. The van der Waals surface area contributed by atoms with Gasteiger partial charge in [-0.3, -0.25) is 14.2 Å². The number of nitrogens with zero attached hydrogens (tertiary/aromatic N) is 3. The van der Waals surface area contributed by atoms with Gasteiger partial charge in [-0.05, 0) is 55.3 Å². The van der Waals surface area contributed by atoms with Crippen LogP contribution in [0.25, 0.3) is 10.2 Å². The monoisotopic (exact) mass is 426 g/mol. The summed E-state index contributed by atoms with van der Waals surface area (Å²) < 4.78 is 7.62. The van der Waals surface area contributed by atoms with Crippen LogP contribution in [0.15, 0.2) is 40.5 Å². The fourth-order valence-electron chi connectivity index (χ4n) is 3.72. The lowest BCUT2D eigenvalue weighted by molar-refractivity contribution is -0.121. The number of fused-ring (bicyclic) bond motifs is 1. The molecule has 0 spiro atoms. The largest absolute Gasteiger partial charge is 0.494 e. The number of hydrogen-bond acceptors (Lipinski definition) is 6. The zero-order chi connectivity index (χ0) is 20.9. The molecule has 0 bridgehead atoms. The van der Waals surface area contributed by atoms with Gasteiger partial charge in [0.25, 0.3) is 5.56 Å². The topological polar surface area (TPSA) is 76.5 Å². The summed E-state index contributed by atoms with van der Waals surface area (Å²) in [6.07, 6.45) is 3.32. The van der Waals surface area contributed by atoms with Crippen LogP contribution in [0.2, 0.25) is 0 Å². The van der Waals surface area contributed by atoms with E-state index in [0.717, 1.165) is 37.2 Å². The predicted octanol–water partition coefficient (Wildman–Crippen LogP) is 3.16. The van der Waals surface area contributed by atoms with Crippen LogP contribution in [0.1, 0.15) is 31.7 Å². The number of carbonyl (C=O) groups excluding carboxylic acids is 1. The van der Waals surface area contributed by atoms with Crippen LogP contribution >= 0.6 is 11.3 Å². The van der Waals surface area contributed by atoms with Crippen LogP contribution in [-0.2, 0) is 17.9 Å². The van der Waals surface area contributed by atoms with Gasteiger partial charge in [0.2, 0.25) is 11.9 Å². The lowest BCUT2D eigenvalue weighted by atomic mass is 10.1. The normalized spacial score (nSPS) is 14.1. The highest BCUT2D eigenvalue weighted by molar-refractivity contribution is 7.17. The molecule has 30 heavy (non-hydrogen) atoms. The minimum Gasteiger partial charge on any atom is -0.494 e. The Kier molecular flexibility index (Phi) is 6.32. The fraction of sp³-hybridized carbons (Fsp3) is 0.409. The minimum atomic E-state index is -0.213. The van der Waals surface area contributed by atoms with Crippen molar-refractivity contribution in [1.29, 1.82) is 0 Å². The number of ether oxygens (including phenoxy) is 1. The maximum atomic E-state index is 13.1. The molecule has 1 aliphatic heterocycles. The van der Waals surface area contributed by atoms with Crippen LogP contribution in [0, 0.1) is 0 Å². The average molecular weight is 427 g/mol. The van der Waals surface area contributed by atoms with Crippen molar-refractivity contribution in [1.82, 2.24) is 14.9 Å². The van der Waals surface area contributed by atoms with Gasteiger partial charge in [0.1, 0.15) is 17.0 Å². The van der Waals surface area contributed by atoms with E-state index in [2.05, 4.69) is 10.2 Å². The predicted molar refractivity (Wildman–Crippen MR) is 119 cm³/mol. The number of amides is 1. The van der Waals surface area contributed by atoms with Crippen molar-refractivity contribution in [2.24, 2.45) is 0 Å². The van der Waals surface area contributed by atoms with Crippen molar-refractivity contribution >= 4 is 33.4 Å². The summed E-state index contributed by atoms with van der Waals surface area (Å²) in [5, 5.41) is 4.79. The number of anilines is 1. The number of piperidine rings is 1. The van der Waals surface area contributed by atoms with Crippen LogP contribution < -0.4 is 20.5 Å². The number of rotatable bonds is 7. The zero-order valence-electron chi connectivity index (χ0n) is 17.1. The molecular formula is C22H26N4O3S. The van der Waals surface area contributed by atoms with Crippen molar-refractivity contribution in [2.45, 2.75) is 39.3 Å². The molecule has 0 saturated carbocycles. The Hall–Kier alpha value is -2.87. The van der Waals surface area contributed by atoms with Crippen LogP contribution in [-0.4, -0.2) is 35.2 Å². The molecule has 0 atom stereocenters.